The molecule has 2 fully saturated rings. The summed E-state index contributed by atoms with van der Waals surface area (Å²) in [5.41, 5.74) is 1.34. The average molecular weight is 193 g/mol. The van der Waals surface area contributed by atoms with Gasteiger partial charge in [-0.2, -0.15) is 0 Å². The van der Waals surface area contributed by atoms with Crippen molar-refractivity contribution in [1.82, 2.24) is 5.32 Å². The molecule has 0 spiro atoms. The Morgan fingerprint density at radius 2 is 1.86 bits per heavy atom. The van der Waals surface area contributed by atoms with Gasteiger partial charge in [0.25, 0.3) is 0 Å². The minimum atomic E-state index is 1.000. The number of nitrogens with one attached hydrogen (secondary N) is 1. The Bertz CT molecular complexity index is 189. The van der Waals surface area contributed by atoms with Gasteiger partial charge in [0.15, 0.2) is 0 Å². The highest BCUT2D eigenvalue weighted by atomic mass is 14.9. The molecule has 2 aliphatic rings. The summed E-state index contributed by atoms with van der Waals surface area (Å²) >= 11 is 0. The van der Waals surface area contributed by atoms with Crippen molar-refractivity contribution >= 4 is 0 Å². The van der Waals surface area contributed by atoms with E-state index >= 15 is 0 Å². The summed E-state index contributed by atoms with van der Waals surface area (Å²) < 4.78 is 0. The third-order valence-electron chi connectivity index (χ3n) is 3.71. The van der Waals surface area contributed by atoms with E-state index < -0.39 is 0 Å². The second kappa shape index (κ2) is 4.48. The van der Waals surface area contributed by atoms with E-state index in [1.165, 1.54) is 37.8 Å². The lowest BCUT2D eigenvalue weighted by Gasteiger charge is -2.16. The maximum absolute atomic E-state index is 4.03. The van der Waals surface area contributed by atoms with Crippen LogP contribution in [0.3, 0.4) is 0 Å². The van der Waals surface area contributed by atoms with Crippen LogP contribution in [0.2, 0.25) is 0 Å². The van der Waals surface area contributed by atoms with Gasteiger partial charge in [0.1, 0.15) is 0 Å². The quantitative estimate of drug-likeness (QED) is 0.613. The molecule has 0 amide bonds. The molecule has 0 heterocycles. The number of hydrogen-bond donors (Lipinski definition) is 1. The third-order valence-corrected chi connectivity index (χ3v) is 3.71. The average Bonchev–Trinajstić information content (AvgIpc) is 3.03. The predicted molar refractivity (Wildman–Crippen MR) is 61.2 cm³/mol. The molecule has 0 bridgehead atoms. The first-order valence-corrected chi connectivity index (χ1v) is 6.18. The highest BCUT2D eigenvalue weighted by molar-refractivity contribution is 4.97. The Kier molecular flexibility index (Phi) is 3.27. The molecule has 2 aliphatic carbocycles. The number of hydrogen-bond acceptors (Lipinski definition) is 1. The highest BCUT2D eigenvalue weighted by Gasteiger charge is 2.40. The fourth-order valence-electron chi connectivity index (χ4n) is 2.31. The van der Waals surface area contributed by atoms with Gasteiger partial charge in [0.05, 0.1) is 0 Å². The minimum absolute atomic E-state index is 1.000. The number of rotatable bonds is 7. The van der Waals surface area contributed by atoms with Crippen molar-refractivity contribution in [3.63, 3.8) is 0 Å². The Morgan fingerprint density at radius 3 is 2.29 bits per heavy atom. The van der Waals surface area contributed by atoms with E-state index in [9.17, 15) is 0 Å². The molecule has 1 N–H and O–H groups in total. The van der Waals surface area contributed by atoms with Gasteiger partial charge in [-0.15, -0.1) is 0 Å². The topological polar surface area (TPSA) is 12.0 Å². The molecule has 0 unspecified atom stereocenters. The summed E-state index contributed by atoms with van der Waals surface area (Å²) in [7, 11) is 0. The van der Waals surface area contributed by atoms with Gasteiger partial charge in [0, 0.05) is 6.54 Å². The van der Waals surface area contributed by atoms with Gasteiger partial charge >= 0.3 is 0 Å². The van der Waals surface area contributed by atoms with Crippen LogP contribution in [0.15, 0.2) is 12.2 Å². The Balaban J connectivity index is 1.64. The fraction of sp³-hybridized carbons (Fsp3) is 0.846. The molecule has 1 heteroatoms. The SMILES string of the molecule is C=C(CC)CNCC(C1CC1)C1CC1. The van der Waals surface area contributed by atoms with E-state index in [1.54, 1.807) is 0 Å². The summed E-state index contributed by atoms with van der Waals surface area (Å²) in [4.78, 5) is 0. The van der Waals surface area contributed by atoms with E-state index in [2.05, 4.69) is 18.8 Å². The second-order valence-corrected chi connectivity index (χ2v) is 5.07. The van der Waals surface area contributed by atoms with Gasteiger partial charge in [0.2, 0.25) is 0 Å². The standard InChI is InChI=1S/C13H23N/c1-3-10(2)8-14-9-13(11-4-5-11)12-6-7-12/h11-14H,2-9H2,1H3. The van der Waals surface area contributed by atoms with Crippen molar-refractivity contribution in [1.29, 1.82) is 0 Å². The molecule has 0 aromatic rings. The minimum Gasteiger partial charge on any atom is -0.313 e. The molecule has 80 valence electrons. The van der Waals surface area contributed by atoms with Crippen molar-refractivity contribution in [3.8, 4) is 0 Å². The first kappa shape index (κ1) is 10.2. The molecule has 14 heavy (non-hydrogen) atoms. The van der Waals surface area contributed by atoms with Crippen LogP contribution in [0.25, 0.3) is 0 Å². The molecule has 0 saturated heterocycles. The molecule has 0 atom stereocenters. The molecule has 0 aliphatic heterocycles. The van der Waals surface area contributed by atoms with Crippen LogP contribution in [-0.4, -0.2) is 13.1 Å². The molecule has 0 aromatic carbocycles. The van der Waals surface area contributed by atoms with Crippen molar-refractivity contribution in [2.75, 3.05) is 13.1 Å². The van der Waals surface area contributed by atoms with Gasteiger partial charge in [-0.1, -0.05) is 19.1 Å². The zero-order valence-electron chi connectivity index (χ0n) is 9.39. The summed E-state index contributed by atoms with van der Waals surface area (Å²) in [6.45, 7) is 8.49. The van der Waals surface area contributed by atoms with E-state index in [-0.39, 0.29) is 0 Å². The smallest absolute Gasteiger partial charge is 0.0161 e. The van der Waals surface area contributed by atoms with E-state index in [4.69, 9.17) is 0 Å². The predicted octanol–water partition coefficient (Wildman–Crippen LogP) is 2.98. The van der Waals surface area contributed by atoms with E-state index in [0.29, 0.717) is 0 Å². The summed E-state index contributed by atoms with van der Waals surface area (Å²) in [5.74, 6) is 3.15. The second-order valence-electron chi connectivity index (χ2n) is 5.07. The molecule has 1 nitrogen and oxygen atoms in total. The highest BCUT2D eigenvalue weighted by Crippen LogP contribution is 2.48. The van der Waals surface area contributed by atoms with E-state index in [1.807, 2.05) is 0 Å². The van der Waals surface area contributed by atoms with E-state index in [0.717, 1.165) is 30.7 Å². The van der Waals surface area contributed by atoms with Crippen LogP contribution in [0, 0.1) is 17.8 Å². The zero-order chi connectivity index (χ0) is 9.97. The molecular formula is C13H23N. The van der Waals surface area contributed by atoms with Crippen LogP contribution in [0.5, 0.6) is 0 Å². The molecular weight excluding hydrogens is 170 g/mol. The maximum atomic E-state index is 4.03. The third kappa shape index (κ3) is 2.84. The van der Waals surface area contributed by atoms with Crippen molar-refractivity contribution in [2.24, 2.45) is 17.8 Å². The molecule has 0 aromatic heterocycles. The van der Waals surface area contributed by atoms with Crippen LogP contribution in [-0.2, 0) is 0 Å². The Morgan fingerprint density at radius 1 is 1.29 bits per heavy atom. The lowest BCUT2D eigenvalue weighted by Crippen LogP contribution is -2.27. The molecule has 0 radical (unpaired) electrons. The lowest BCUT2D eigenvalue weighted by molar-refractivity contribution is 0.384. The normalized spacial score (nSPS) is 21.6. The van der Waals surface area contributed by atoms with Crippen LogP contribution >= 0.6 is 0 Å². The first-order chi connectivity index (χ1) is 6.81. The van der Waals surface area contributed by atoms with Gasteiger partial charge in [-0.05, 0) is 56.4 Å². The Labute approximate surface area is 88.0 Å². The van der Waals surface area contributed by atoms with Crippen molar-refractivity contribution < 1.29 is 0 Å². The zero-order valence-corrected chi connectivity index (χ0v) is 9.39. The maximum Gasteiger partial charge on any atom is 0.0161 e. The van der Waals surface area contributed by atoms with Crippen molar-refractivity contribution in [2.45, 2.75) is 39.0 Å². The summed E-state index contributed by atoms with van der Waals surface area (Å²) in [6.07, 6.45) is 7.11. The van der Waals surface area contributed by atoms with Gasteiger partial charge in [-0.25, -0.2) is 0 Å². The Hall–Kier alpha value is -0.300. The fourth-order valence-corrected chi connectivity index (χ4v) is 2.31. The molecule has 2 rings (SSSR count). The largest absolute Gasteiger partial charge is 0.313 e. The van der Waals surface area contributed by atoms with Crippen molar-refractivity contribution in [3.05, 3.63) is 12.2 Å². The van der Waals surface area contributed by atoms with Crippen LogP contribution in [0.4, 0.5) is 0 Å². The van der Waals surface area contributed by atoms with Crippen LogP contribution in [0.1, 0.15) is 39.0 Å². The van der Waals surface area contributed by atoms with Crippen LogP contribution < -0.4 is 5.32 Å². The van der Waals surface area contributed by atoms with Gasteiger partial charge in [-0.3, -0.25) is 0 Å². The summed E-state index contributed by atoms with van der Waals surface area (Å²) in [5, 5.41) is 3.58. The van der Waals surface area contributed by atoms with Gasteiger partial charge < -0.3 is 5.32 Å². The summed E-state index contributed by atoms with van der Waals surface area (Å²) in [6, 6.07) is 0. The first-order valence-electron chi connectivity index (χ1n) is 6.18. The lowest BCUT2D eigenvalue weighted by atomic mass is 9.98. The molecule has 2 saturated carbocycles. The monoisotopic (exact) mass is 193 g/mol.